The number of aliphatic carboxylic acids is 1. The molecule has 0 heterocycles. The Balaban J connectivity index is 2.49. The number of amides is 1. The average molecular weight is 222 g/mol. The molecule has 1 amide bonds. The Morgan fingerprint density at radius 2 is 1.94 bits per heavy atom. The molecule has 1 aromatic rings. The quantitative estimate of drug-likeness (QED) is 0.612. The number of likely N-dealkylation sites (N-methyl/N-ethyl adjacent to an activating group) is 1. The van der Waals surface area contributed by atoms with Crippen molar-refractivity contribution < 1.29 is 14.7 Å². The van der Waals surface area contributed by atoms with E-state index in [0.717, 1.165) is 5.56 Å². The van der Waals surface area contributed by atoms with Gasteiger partial charge >= 0.3 is 5.97 Å². The van der Waals surface area contributed by atoms with Crippen molar-refractivity contribution >= 4 is 11.9 Å². The van der Waals surface area contributed by atoms with Crippen molar-refractivity contribution in [1.29, 1.82) is 0 Å². The molecule has 86 valence electrons. The highest BCUT2D eigenvalue weighted by atomic mass is 16.4. The number of carboxylic acid groups (broad SMARTS) is 1. The van der Waals surface area contributed by atoms with Crippen molar-refractivity contribution in [3.05, 3.63) is 35.9 Å². The number of carboxylic acids is 1. The third-order valence-corrected chi connectivity index (χ3v) is 2.11. The van der Waals surface area contributed by atoms with E-state index < -0.39 is 17.9 Å². The van der Waals surface area contributed by atoms with Crippen molar-refractivity contribution in [1.82, 2.24) is 10.6 Å². The first kappa shape index (κ1) is 12.2. The molecule has 0 bridgehead atoms. The fourth-order valence-corrected chi connectivity index (χ4v) is 1.25. The summed E-state index contributed by atoms with van der Waals surface area (Å²) in [6.07, 6.45) is 0. The van der Waals surface area contributed by atoms with Crippen molar-refractivity contribution in [2.24, 2.45) is 0 Å². The molecule has 0 aromatic heterocycles. The van der Waals surface area contributed by atoms with Gasteiger partial charge in [0, 0.05) is 6.54 Å². The lowest BCUT2D eigenvalue weighted by molar-refractivity contribution is -0.143. The molecular weight excluding hydrogens is 208 g/mol. The van der Waals surface area contributed by atoms with Crippen LogP contribution in [0.2, 0.25) is 0 Å². The number of carbonyl (C=O) groups is 2. The first-order valence-corrected chi connectivity index (χ1v) is 4.87. The number of hydrogen-bond acceptors (Lipinski definition) is 3. The van der Waals surface area contributed by atoms with Crippen molar-refractivity contribution in [2.45, 2.75) is 12.6 Å². The maximum absolute atomic E-state index is 11.4. The van der Waals surface area contributed by atoms with Crippen LogP contribution in [0.1, 0.15) is 5.56 Å². The minimum Gasteiger partial charge on any atom is -0.480 e. The second kappa shape index (κ2) is 5.87. The molecule has 0 aliphatic heterocycles. The summed E-state index contributed by atoms with van der Waals surface area (Å²) in [6, 6.07) is 8.09. The van der Waals surface area contributed by atoms with Gasteiger partial charge in [0.15, 0.2) is 6.04 Å². The zero-order chi connectivity index (χ0) is 12.0. The predicted octanol–water partition coefficient (Wildman–Crippen LogP) is -0.0246. The van der Waals surface area contributed by atoms with Gasteiger partial charge in [0.2, 0.25) is 5.91 Å². The molecule has 16 heavy (non-hydrogen) atoms. The van der Waals surface area contributed by atoms with E-state index in [2.05, 4.69) is 10.6 Å². The van der Waals surface area contributed by atoms with Gasteiger partial charge in [-0.25, -0.2) is 4.79 Å². The third-order valence-electron chi connectivity index (χ3n) is 2.11. The molecule has 1 unspecified atom stereocenters. The molecule has 5 heteroatoms. The van der Waals surface area contributed by atoms with Gasteiger partial charge in [-0.2, -0.15) is 0 Å². The van der Waals surface area contributed by atoms with Gasteiger partial charge in [-0.1, -0.05) is 30.3 Å². The standard InChI is InChI=1S/C11H14N2O3/c1-12-9(11(15)16)10(14)13-7-8-5-3-2-4-6-8/h2-6,9,12H,7H2,1H3,(H,13,14)(H,15,16). The average Bonchev–Trinajstić information content (AvgIpc) is 2.28. The summed E-state index contributed by atoms with van der Waals surface area (Å²) in [4.78, 5) is 22.1. The van der Waals surface area contributed by atoms with Gasteiger partial charge < -0.3 is 10.4 Å². The van der Waals surface area contributed by atoms with Crippen LogP contribution in [0.25, 0.3) is 0 Å². The van der Waals surface area contributed by atoms with Gasteiger partial charge in [0.1, 0.15) is 0 Å². The zero-order valence-electron chi connectivity index (χ0n) is 8.93. The number of carbonyl (C=O) groups excluding carboxylic acids is 1. The summed E-state index contributed by atoms with van der Waals surface area (Å²) in [6.45, 7) is 0.325. The Morgan fingerprint density at radius 1 is 1.31 bits per heavy atom. The van der Waals surface area contributed by atoms with Crippen LogP contribution in [0, 0.1) is 0 Å². The Kier molecular flexibility index (Phi) is 4.47. The Morgan fingerprint density at radius 3 is 2.44 bits per heavy atom. The fourth-order valence-electron chi connectivity index (χ4n) is 1.25. The fraction of sp³-hybridized carbons (Fsp3) is 0.273. The van der Waals surface area contributed by atoms with Crippen LogP contribution < -0.4 is 10.6 Å². The molecule has 1 atom stereocenters. The largest absolute Gasteiger partial charge is 0.480 e. The van der Waals surface area contributed by atoms with Crippen molar-refractivity contribution in [3.63, 3.8) is 0 Å². The molecule has 0 spiro atoms. The first-order chi connectivity index (χ1) is 7.65. The van der Waals surface area contributed by atoms with E-state index in [1.165, 1.54) is 7.05 Å². The smallest absolute Gasteiger partial charge is 0.330 e. The minimum absolute atomic E-state index is 0.325. The summed E-state index contributed by atoms with van der Waals surface area (Å²) >= 11 is 0. The van der Waals surface area contributed by atoms with Gasteiger partial charge in [0.05, 0.1) is 0 Å². The first-order valence-electron chi connectivity index (χ1n) is 4.87. The predicted molar refractivity (Wildman–Crippen MR) is 58.8 cm³/mol. The van der Waals surface area contributed by atoms with Crippen LogP contribution in [0.15, 0.2) is 30.3 Å². The molecule has 0 aliphatic carbocycles. The van der Waals surface area contributed by atoms with E-state index in [0.29, 0.717) is 6.54 Å². The SMILES string of the molecule is CNC(C(=O)O)C(=O)NCc1ccccc1. The van der Waals surface area contributed by atoms with E-state index >= 15 is 0 Å². The zero-order valence-corrected chi connectivity index (χ0v) is 8.93. The highest BCUT2D eigenvalue weighted by Crippen LogP contribution is 1.97. The molecular formula is C11H14N2O3. The van der Waals surface area contributed by atoms with Gasteiger partial charge in [-0.05, 0) is 12.6 Å². The number of hydrogen-bond donors (Lipinski definition) is 3. The molecule has 1 aromatic carbocycles. The normalized spacial score (nSPS) is 11.8. The van der Waals surface area contributed by atoms with E-state index in [9.17, 15) is 9.59 Å². The van der Waals surface area contributed by atoms with E-state index in [-0.39, 0.29) is 0 Å². The summed E-state index contributed by atoms with van der Waals surface area (Å²) in [5.74, 6) is -1.73. The lowest BCUT2D eigenvalue weighted by Crippen LogP contribution is -2.47. The maximum Gasteiger partial charge on any atom is 0.330 e. The van der Waals surface area contributed by atoms with Crippen LogP contribution in [0.4, 0.5) is 0 Å². The maximum atomic E-state index is 11.4. The van der Waals surface area contributed by atoms with Crippen LogP contribution in [0.3, 0.4) is 0 Å². The number of nitrogens with one attached hydrogen (secondary N) is 2. The Bertz CT molecular complexity index is 365. The summed E-state index contributed by atoms with van der Waals surface area (Å²) < 4.78 is 0. The van der Waals surface area contributed by atoms with Crippen molar-refractivity contribution in [3.8, 4) is 0 Å². The van der Waals surface area contributed by atoms with Crippen LogP contribution in [-0.2, 0) is 16.1 Å². The van der Waals surface area contributed by atoms with Crippen LogP contribution in [-0.4, -0.2) is 30.1 Å². The van der Waals surface area contributed by atoms with Gasteiger partial charge in [0.25, 0.3) is 0 Å². The lowest BCUT2D eigenvalue weighted by atomic mass is 10.2. The van der Waals surface area contributed by atoms with Crippen LogP contribution >= 0.6 is 0 Å². The second-order valence-electron chi connectivity index (χ2n) is 3.26. The lowest BCUT2D eigenvalue weighted by Gasteiger charge is -2.11. The minimum atomic E-state index is -1.20. The Labute approximate surface area is 93.5 Å². The van der Waals surface area contributed by atoms with Gasteiger partial charge in [-0.15, -0.1) is 0 Å². The molecule has 0 radical (unpaired) electrons. The monoisotopic (exact) mass is 222 g/mol. The highest BCUT2D eigenvalue weighted by molar-refractivity contribution is 6.01. The highest BCUT2D eigenvalue weighted by Gasteiger charge is 2.23. The number of benzene rings is 1. The molecule has 0 fully saturated rings. The topological polar surface area (TPSA) is 78.4 Å². The summed E-state index contributed by atoms with van der Waals surface area (Å²) in [5, 5.41) is 13.7. The molecule has 0 aliphatic rings. The molecule has 0 saturated heterocycles. The molecule has 1 rings (SSSR count). The molecule has 3 N–H and O–H groups in total. The van der Waals surface area contributed by atoms with Gasteiger partial charge in [-0.3, -0.25) is 10.1 Å². The number of rotatable bonds is 5. The van der Waals surface area contributed by atoms with Crippen molar-refractivity contribution in [2.75, 3.05) is 7.05 Å². The summed E-state index contributed by atoms with van der Waals surface area (Å²) in [5.41, 5.74) is 0.927. The summed E-state index contributed by atoms with van der Waals surface area (Å²) in [7, 11) is 1.43. The molecule has 5 nitrogen and oxygen atoms in total. The van der Waals surface area contributed by atoms with Crippen LogP contribution in [0.5, 0.6) is 0 Å². The second-order valence-corrected chi connectivity index (χ2v) is 3.26. The molecule has 0 saturated carbocycles. The van der Waals surface area contributed by atoms with E-state index in [1.807, 2.05) is 30.3 Å². The van der Waals surface area contributed by atoms with E-state index in [1.54, 1.807) is 0 Å². The third kappa shape index (κ3) is 3.36. The van der Waals surface area contributed by atoms with E-state index in [4.69, 9.17) is 5.11 Å². The Hall–Kier alpha value is -1.88.